The van der Waals surface area contributed by atoms with Crippen molar-refractivity contribution >= 4 is 0 Å². The Morgan fingerprint density at radius 2 is 2.50 bits per heavy atom. The Morgan fingerprint density at radius 3 is 3.17 bits per heavy atom. The first-order valence-electron chi connectivity index (χ1n) is 4.51. The molecule has 1 saturated heterocycles. The number of hydrogen-bond donors (Lipinski definition) is 1. The summed E-state index contributed by atoms with van der Waals surface area (Å²) in [6.07, 6.45) is 7.28. The highest BCUT2D eigenvalue weighted by Gasteiger charge is 2.12. The van der Waals surface area contributed by atoms with Crippen LogP contribution in [0.4, 0.5) is 0 Å². The van der Waals surface area contributed by atoms with Crippen molar-refractivity contribution in [2.75, 3.05) is 6.54 Å². The van der Waals surface area contributed by atoms with Gasteiger partial charge in [0.05, 0.1) is 6.54 Å². The first-order valence-corrected chi connectivity index (χ1v) is 4.51. The number of hydrogen-bond acceptors (Lipinski definition) is 3. The molecule has 1 fully saturated rings. The lowest BCUT2D eigenvalue weighted by Crippen LogP contribution is -2.37. The molecule has 1 atom stereocenters. The molecule has 1 aromatic rings. The van der Waals surface area contributed by atoms with Gasteiger partial charge in [-0.3, -0.25) is 4.68 Å². The largest absolute Gasteiger partial charge is 0.312 e. The number of aromatic nitrogens is 3. The van der Waals surface area contributed by atoms with E-state index in [0.717, 1.165) is 13.1 Å². The van der Waals surface area contributed by atoms with Gasteiger partial charge in [0, 0.05) is 6.04 Å². The Balaban J connectivity index is 1.86. The molecule has 1 aliphatic rings. The summed E-state index contributed by atoms with van der Waals surface area (Å²) in [5.74, 6) is 0. The maximum atomic E-state index is 4.08. The van der Waals surface area contributed by atoms with E-state index in [1.807, 2.05) is 4.68 Å². The Morgan fingerprint density at radius 1 is 1.50 bits per heavy atom. The second kappa shape index (κ2) is 3.67. The van der Waals surface area contributed by atoms with Crippen LogP contribution in [0.3, 0.4) is 0 Å². The molecule has 66 valence electrons. The van der Waals surface area contributed by atoms with E-state index < -0.39 is 0 Å². The average molecular weight is 166 g/mol. The molecule has 2 rings (SSSR count). The van der Waals surface area contributed by atoms with E-state index in [1.165, 1.54) is 19.3 Å². The minimum Gasteiger partial charge on any atom is -0.312 e. The molecular weight excluding hydrogens is 152 g/mol. The molecule has 4 heteroatoms. The number of nitrogens with zero attached hydrogens (tertiary/aromatic N) is 3. The highest BCUT2D eigenvalue weighted by Crippen LogP contribution is 2.07. The van der Waals surface area contributed by atoms with Crippen LogP contribution >= 0.6 is 0 Å². The molecule has 1 aromatic heterocycles. The Bertz CT molecular complexity index is 213. The van der Waals surface area contributed by atoms with Crippen molar-refractivity contribution in [2.24, 2.45) is 0 Å². The van der Waals surface area contributed by atoms with Crippen LogP contribution in [-0.4, -0.2) is 27.4 Å². The fourth-order valence-corrected chi connectivity index (χ4v) is 1.63. The summed E-state index contributed by atoms with van der Waals surface area (Å²) in [5.41, 5.74) is 0. The molecule has 0 amide bonds. The van der Waals surface area contributed by atoms with Gasteiger partial charge in [0.15, 0.2) is 0 Å². The quantitative estimate of drug-likeness (QED) is 0.692. The predicted molar refractivity (Wildman–Crippen MR) is 45.7 cm³/mol. The number of rotatable bonds is 2. The lowest BCUT2D eigenvalue weighted by Gasteiger charge is -2.22. The molecular formula is C8H14N4. The van der Waals surface area contributed by atoms with Gasteiger partial charge in [0.25, 0.3) is 0 Å². The fourth-order valence-electron chi connectivity index (χ4n) is 1.63. The molecule has 0 radical (unpaired) electrons. The van der Waals surface area contributed by atoms with Gasteiger partial charge < -0.3 is 5.32 Å². The third-order valence-corrected chi connectivity index (χ3v) is 2.29. The zero-order chi connectivity index (χ0) is 8.23. The summed E-state index contributed by atoms with van der Waals surface area (Å²) in [4.78, 5) is 3.91. The second-order valence-electron chi connectivity index (χ2n) is 3.26. The minimum absolute atomic E-state index is 0.598. The molecule has 0 bridgehead atoms. The maximum absolute atomic E-state index is 4.08. The first-order chi connectivity index (χ1) is 5.95. The van der Waals surface area contributed by atoms with Crippen molar-refractivity contribution in [3.05, 3.63) is 12.7 Å². The lowest BCUT2D eigenvalue weighted by molar-refractivity contribution is 0.351. The number of nitrogens with one attached hydrogen (secondary N) is 1. The van der Waals surface area contributed by atoms with Gasteiger partial charge in [-0.2, -0.15) is 5.10 Å². The van der Waals surface area contributed by atoms with E-state index in [1.54, 1.807) is 12.7 Å². The summed E-state index contributed by atoms with van der Waals surface area (Å²) >= 11 is 0. The summed E-state index contributed by atoms with van der Waals surface area (Å²) in [6.45, 7) is 2.11. The lowest BCUT2D eigenvalue weighted by atomic mass is 10.1. The van der Waals surface area contributed by atoms with Crippen molar-refractivity contribution < 1.29 is 0 Å². The van der Waals surface area contributed by atoms with Crippen molar-refractivity contribution in [3.8, 4) is 0 Å². The monoisotopic (exact) mass is 166 g/mol. The molecule has 1 unspecified atom stereocenters. The van der Waals surface area contributed by atoms with Crippen LogP contribution in [0.1, 0.15) is 19.3 Å². The van der Waals surface area contributed by atoms with E-state index in [9.17, 15) is 0 Å². The Labute approximate surface area is 72.0 Å². The fraction of sp³-hybridized carbons (Fsp3) is 0.750. The van der Waals surface area contributed by atoms with Crippen LogP contribution in [0, 0.1) is 0 Å². The van der Waals surface area contributed by atoms with Crippen LogP contribution in [0.15, 0.2) is 12.7 Å². The second-order valence-corrected chi connectivity index (χ2v) is 3.26. The van der Waals surface area contributed by atoms with Crippen molar-refractivity contribution in [1.29, 1.82) is 0 Å². The zero-order valence-corrected chi connectivity index (χ0v) is 7.11. The molecule has 1 N–H and O–H groups in total. The van der Waals surface area contributed by atoms with Crippen molar-refractivity contribution in [1.82, 2.24) is 20.1 Å². The van der Waals surface area contributed by atoms with Gasteiger partial charge in [-0.1, -0.05) is 6.42 Å². The molecule has 0 aliphatic carbocycles. The van der Waals surface area contributed by atoms with Gasteiger partial charge >= 0.3 is 0 Å². The van der Waals surface area contributed by atoms with Crippen LogP contribution in [0.2, 0.25) is 0 Å². The molecule has 0 saturated carbocycles. The summed E-state index contributed by atoms with van der Waals surface area (Å²) in [5, 5.41) is 7.54. The Kier molecular flexibility index (Phi) is 2.36. The van der Waals surface area contributed by atoms with E-state index >= 15 is 0 Å². The maximum Gasteiger partial charge on any atom is 0.137 e. The smallest absolute Gasteiger partial charge is 0.137 e. The summed E-state index contributed by atoms with van der Waals surface area (Å²) in [6, 6.07) is 0.598. The van der Waals surface area contributed by atoms with E-state index in [0.29, 0.717) is 6.04 Å². The molecule has 0 aromatic carbocycles. The molecule has 1 aliphatic heterocycles. The first kappa shape index (κ1) is 7.73. The van der Waals surface area contributed by atoms with E-state index in [2.05, 4.69) is 15.4 Å². The molecule has 4 nitrogen and oxygen atoms in total. The third-order valence-electron chi connectivity index (χ3n) is 2.29. The predicted octanol–water partition coefficient (Wildman–Crippen LogP) is 0.420. The van der Waals surface area contributed by atoms with Crippen LogP contribution in [-0.2, 0) is 6.54 Å². The van der Waals surface area contributed by atoms with Crippen LogP contribution in [0.5, 0.6) is 0 Å². The summed E-state index contributed by atoms with van der Waals surface area (Å²) < 4.78 is 1.89. The standard InChI is InChI=1S/C8H14N4/c1-2-4-10-8(3-1)5-12-7-9-6-11-12/h6-8,10H,1-5H2. The van der Waals surface area contributed by atoms with Gasteiger partial charge in [0.1, 0.15) is 12.7 Å². The Hall–Kier alpha value is -0.900. The van der Waals surface area contributed by atoms with Crippen LogP contribution < -0.4 is 5.32 Å². The molecule has 2 heterocycles. The molecule has 0 spiro atoms. The van der Waals surface area contributed by atoms with Gasteiger partial charge in [0.2, 0.25) is 0 Å². The third kappa shape index (κ3) is 1.82. The summed E-state index contributed by atoms with van der Waals surface area (Å²) in [7, 11) is 0. The topological polar surface area (TPSA) is 42.7 Å². The zero-order valence-electron chi connectivity index (χ0n) is 7.11. The van der Waals surface area contributed by atoms with Gasteiger partial charge in [-0.05, 0) is 19.4 Å². The van der Waals surface area contributed by atoms with Gasteiger partial charge in [-0.15, -0.1) is 0 Å². The van der Waals surface area contributed by atoms with Crippen molar-refractivity contribution in [3.63, 3.8) is 0 Å². The van der Waals surface area contributed by atoms with Crippen LogP contribution in [0.25, 0.3) is 0 Å². The van der Waals surface area contributed by atoms with E-state index in [4.69, 9.17) is 0 Å². The normalized spacial score (nSPS) is 24.2. The van der Waals surface area contributed by atoms with Gasteiger partial charge in [-0.25, -0.2) is 4.98 Å². The highest BCUT2D eigenvalue weighted by atomic mass is 15.3. The average Bonchev–Trinajstić information content (AvgIpc) is 2.59. The van der Waals surface area contributed by atoms with E-state index in [-0.39, 0.29) is 0 Å². The minimum atomic E-state index is 0.598. The van der Waals surface area contributed by atoms with Crippen molar-refractivity contribution in [2.45, 2.75) is 31.8 Å². The number of piperidine rings is 1. The highest BCUT2D eigenvalue weighted by molar-refractivity contribution is 4.72. The SMILES string of the molecule is c1ncn(CC2CCCCN2)n1. The molecule has 12 heavy (non-hydrogen) atoms.